The Morgan fingerprint density at radius 1 is 1.25 bits per heavy atom. The van der Waals surface area contributed by atoms with Gasteiger partial charge in [0.15, 0.2) is 0 Å². The van der Waals surface area contributed by atoms with Gasteiger partial charge in [0, 0.05) is 16.5 Å². The number of methoxy groups -OCH3 is 1. The highest BCUT2D eigenvalue weighted by molar-refractivity contribution is 7.09. The molecule has 102 valence electrons. The van der Waals surface area contributed by atoms with E-state index in [2.05, 4.69) is 15.3 Å². The lowest BCUT2D eigenvalue weighted by molar-refractivity contribution is 0.415. The zero-order chi connectivity index (χ0) is 13.9. The lowest BCUT2D eigenvalue weighted by Crippen LogP contribution is -2.01. The number of nitrogens with one attached hydrogen (secondary N) is 1. The molecule has 0 aliphatic heterocycles. The first-order valence-corrected chi connectivity index (χ1v) is 7.21. The molecule has 0 aliphatic carbocycles. The van der Waals surface area contributed by atoms with E-state index in [1.54, 1.807) is 18.4 Å². The van der Waals surface area contributed by atoms with Crippen LogP contribution in [0.1, 0.15) is 10.6 Å². The summed E-state index contributed by atoms with van der Waals surface area (Å²) < 4.78 is 5.25. The second-order valence-corrected chi connectivity index (χ2v) is 5.40. The normalized spacial score (nSPS) is 10.7. The van der Waals surface area contributed by atoms with Gasteiger partial charge in [-0.15, -0.1) is 11.3 Å². The Morgan fingerprint density at radius 3 is 2.90 bits per heavy atom. The van der Waals surface area contributed by atoms with Gasteiger partial charge in [0.2, 0.25) is 0 Å². The number of rotatable bonds is 4. The number of aromatic nitrogens is 2. The average Bonchev–Trinajstić information content (AvgIpc) is 2.89. The molecule has 2 aromatic heterocycles. The number of nitrogens with zero attached hydrogens (tertiary/aromatic N) is 2. The van der Waals surface area contributed by atoms with Crippen LogP contribution in [0.15, 0.2) is 36.0 Å². The number of anilines is 1. The zero-order valence-electron chi connectivity index (χ0n) is 11.4. The van der Waals surface area contributed by atoms with Crippen LogP contribution in [0.2, 0.25) is 0 Å². The molecule has 0 bridgehead atoms. The smallest absolute Gasteiger partial charge is 0.134 e. The summed E-state index contributed by atoms with van der Waals surface area (Å²) >= 11 is 1.66. The van der Waals surface area contributed by atoms with Crippen molar-refractivity contribution in [3.05, 3.63) is 46.5 Å². The predicted molar refractivity (Wildman–Crippen MR) is 82.5 cm³/mol. The standard InChI is InChI=1S/C15H15N3OS/c1-10-14(20-9-18-10)8-17-15-13-4-3-12(19-2)7-11(13)5-6-16-15/h3-7,9H,8H2,1-2H3,(H,16,17). The molecule has 0 unspecified atom stereocenters. The van der Waals surface area contributed by atoms with E-state index >= 15 is 0 Å². The number of ether oxygens (including phenoxy) is 1. The molecule has 0 aliphatic rings. The summed E-state index contributed by atoms with van der Waals surface area (Å²) in [7, 11) is 1.67. The molecule has 0 amide bonds. The number of fused-ring (bicyclic) bond motifs is 1. The third-order valence-electron chi connectivity index (χ3n) is 3.23. The third kappa shape index (κ3) is 2.44. The summed E-state index contributed by atoms with van der Waals surface area (Å²) in [4.78, 5) is 9.91. The molecule has 0 atom stereocenters. The second kappa shape index (κ2) is 5.46. The lowest BCUT2D eigenvalue weighted by atomic mass is 10.1. The minimum absolute atomic E-state index is 0.745. The zero-order valence-corrected chi connectivity index (χ0v) is 12.2. The Bertz CT molecular complexity index is 739. The summed E-state index contributed by atoms with van der Waals surface area (Å²) in [5.41, 5.74) is 2.94. The Morgan fingerprint density at radius 2 is 2.15 bits per heavy atom. The molecular formula is C15H15N3OS. The molecule has 0 spiro atoms. The Hall–Kier alpha value is -2.14. The molecule has 3 aromatic rings. The van der Waals surface area contributed by atoms with Crippen molar-refractivity contribution in [2.75, 3.05) is 12.4 Å². The molecule has 3 rings (SSSR count). The van der Waals surface area contributed by atoms with Gasteiger partial charge in [0.05, 0.1) is 24.9 Å². The van der Waals surface area contributed by atoms with Gasteiger partial charge in [-0.1, -0.05) is 0 Å². The van der Waals surface area contributed by atoms with Crippen LogP contribution in [0.5, 0.6) is 5.75 Å². The number of thiazole rings is 1. The fourth-order valence-electron chi connectivity index (χ4n) is 2.08. The van der Waals surface area contributed by atoms with Gasteiger partial charge < -0.3 is 10.1 Å². The molecule has 2 heterocycles. The van der Waals surface area contributed by atoms with Crippen LogP contribution >= 0.6 is 11.3 Å². The summed E-state index contributed by atoms with van der Waals surface area (Å²) in [6.07, 6.45) is 1.81. The molecule has 0 saturated heterocycles. The number of benzene rings is 1. The molecule has 4 nitrogen and oxygen atoms in total. The van der Waals surface area contributed by atoms with Crippen LogP contribution in [-0.2, 0) is 6.54 Å². The predicted octanol–water partition coefficient (Wildman–Crippen LogP) is 3.62. The number of aryl methyl sites for hydroxylation is 1. The topological polar surface area (TPSA) is 47.0 Å². The molecular weight excluding hydrogens is 270 g/mol. The summed E-state index contributed by atoms with van der Waals surface area (Å²) in [5, 5.41) is 5.59. The maximum Gasteiger partial charge on any atom is 0.134 e. The van der Waals surface area contributed by atoms with Crippen molar-refractivity contribution in [1.29, 1.82) is 0 Å². The number of pyridine rings is 1. The van der Waals surface area contributed by atoms with Crippen LogP contribution in [0.25, 0.3) is 10.8 Å². The first-order valence-electron chi connectivity index (χ1n) is 6.33. The van der Waals surface area contributed by atoms with Gasteiger partial charge in [-0.05, 0) is 36.6 Å². The molecule has 0 fully saturated rings. The Kier molecular flexibility index (Phi) is 3.52. The van der Waals surface area contributed by atoms with Gasteiger partial charge in [-0.2, -0.15) is 0 Å². The SMILES string of the molecule is COc1ccc2c(NCc3scnc3C)nccc2c1. The quantitative estimate of drug-likeness (QED) is 0.795. The van der Waals surface area contributed by atoms with Crippen LogP contribution in [0.4, 0.5) is 5.82 Å². The van der Waals surface area contributed by atoms with E-state index in [1.807, 2.05) is 42.9 Å². The number of hydrogen-bond acceptors (Lipinski definition) is 5. The van der Waals surface area contributed by atoms with Gasteiger partial charge in [0.1, 0.15) is 11.6 Å². The molecule has 0 saturated carbocycles. The van der Waals surface area contributed by atoms with Crippen LogP contribution in [0.3, 0.4) is 0 Å². The van der Waals surface area contributed by atoms with E-state index in [4.69, 9.17) is 4.74 Å². The van der Waals surface area contributed by atoms with Crippen molar-refractivity contribution in [1.82, 2.24) is 9.97 Å². The first kappa shape index (κ1) is 12.9. The third-order valence-corrected chi connectivity index (χ3v) is 4.17. The largest absolute Gasteiger partial charge is 0.497 e. The second-order valence-electron chi connectivity index (χ2n) is 4.46. The highest BCUT2D eigenvalue weighted by Gasteiger charge is 2.05. The number of hydrogen-bond donors (Lipinski definition) is 1. The van der Waals surface area contributed by atoms with Crippen molar-refractivity contribution in [2.24, 2.45) is 0 Å². The van der Waals surface area contributed by atoms with E-state index in [9.17, 15) is 0 Å². The van der Waals surface area contributed by atoms with Crippen LogP contribution in [-0.4, -0.2) is 17.1 Å². The van der Waals surface area contributed by atoms with Gasteiger partial charge in [0.25, 0.3) is 0 Å². The van der Waals surface area contributed by atoms with Gasteiger partial charge in [-0.25, -0.2) is 9.97 Å². The monoisotopic (exact) mass is 285 g/mol. The highest BCUT2D eigenvalue weighted by atomic mass is 32.1. The lowest BCUT2D eigenvalue weighted by Gasteiger charge is -2.09. The van der Waals surface area contributed by atoms with Gasteiger partial charge in [-0.3, -0.25) is 0 Å². The molecule has 5 heteroatoms. The van der Waals surface area contributed by atoms with Crippen molar-refractivity contribution in [2.45, 2.75) is 13.5 Å². The van der Waals surface area contributed by atoms with Crippen LogP contribution in [0, 0.1) is 6.92 Å². The Balaban J connectivity index is 1.90. The maximum atomic E-state index is 5.25. The maximum absolute atomic E-state index is 5.25. The van der Waals surface area contributed by atoms with E-state index < -0.39 is 0 Å². The summed E-state index contributed by atoms with van der Waals surface area (Å²) in [5.74, 6) is 1.74. The van der Waals surface area contributed by atoms with E-state index in [-0.39, 0.29) is 0 Å². The van der Waals surface area contributed by atoms with Crippen molar-refractivity contribution < 1.29 is 4.74 Å². The van der Waals surface area contributed by atoms with E-state index in [0.717, 1.165) is 34.6 Å². The summed E-state index contributed by atoms with van der Waals surface area (Å²) in [6, 6.07) is 7.98. The van der Waals surface area contributed by atoms with E-state index in [1.165, 1.54) is 4.88 Å². The van der Waals surface area contributed by atoms with Gasteiger partial charge >= 0.3 is 0 Å². The van der Waals surface area contributed by atoms with Crippen molar-refractivity contribution in [3.63, 3.8) is 0 Å². The minimum atomic E-state index is 0.745. The van der Waals surface area contributed by atoms with Crippen molar-refractivity contribution >= 4 is 27.9 Å². The summed E-state index contributed by atoms with van der Waals surface area (Å²) in [6.45, 7) is 2.77. The average molecular weight is 285 g/mol. The van der Waals surface area contributed by atoms with E-state index in [0.29, 0.717) is 0 Å². The van der Waals surface area contributed by atoms with Crippen molar-refractivity contribution in [3.8, 4) is 5.75 Å². The fraction of sp³-hybridized carbons (Fsp3) is 0.200. The molecule has 1 N–H and O–H groups in total. The Labute approximate surface area is 121 Å². The first-order chi connectivity index (χ1) is 9.78. The van der Waals surface area contributed by atoms with Crippen LogP contribution < -0.4 is 10.1 Å². The molecule has 1 aromatic carbocycles. The molecule has 0 radical (unpaired) electrons. The highest BCUT2D eigenvalue weighted by Crippen LogP contribution is 2.26. The molecule has 20 heavy (non-hydrogen) atoms. The fourth-order valence-corrected chi connectivity index (χ4v) is 2.80. The minimum Gasteiger partial charge on any atom is -0.497 e.